The molecule has 0 fully saturated rings. The van der Waals surface area contributed by atoms with Crippen LogP contribution in [0.15, 0.2) is 10.6 Å². The molecule has 0 bridgehead atoms. The van der Waals surface area contributed by atoms with Gasteiger partial charge in [0.25, 0.3) is 0 Å². The lowest BCUT2D eigenvalue weighted by atomic mass is 10.2. The van der Waals surface area contributed by atoms with E-state index in [0.29, 0.717) is 0 Å². The number of carbonyl (C=O) groups excluding carboxylic acids is 1. The van der Waals surface area contributed by atoms with Crippen LogP contribution in [0.1, 0.15) is 23.4 Å². The first-order valence-electron chi connectivity index (χ1n) is 4.31. The van der Waals surface area contributed by atoms with Crippen LogP contribution in [-0.2, 0) is 9.53 Å². The van der Waals surface area contributed by atoms with Gasteiger partial charge in [-0.1, -0.05) is 17.3 Å². The summed E-state index contributed by atoms with van der Waals surface area (Å²) in [7, 11) is 1.37. The van der Waals surface area contributed by atoms with Crippen LogP contribution in [0.3, 0.4) is 0 Å². The number of nitrogens with zero attached hydrogens (tertiary/aromatic N) is 1. The van der Waals surface area contributed by atoms with Gasteiger partial charge in [-0.15, -0.1) is 0 Å². The van der Waals surface area contributed by atoms with E-state index in [4.69, 9.17) is 4.52 Å². The smallest absolute Gasteiger partial charge is 0.309 e. The molecule has 4 nitrogen and oxygen atoms in total. The molecular weight excluding hydrogens is 182 g/mol. The van der Waals surface area contributed by atoms with Gasteiger partial charge in [-0.3, -0.25) is 4.79 Å². The maximum Gasteiger partial charge on any atom is 0.309 e. The number of hydrogen-bond acceptors (Lipinski definition) is 4. The highest BCUT2D eigenvalue weighted by molar-refractivity contribution is 5.72. The van der Waals surface area contributed by atoms with Crippen molar-refractivity contribution >= 4 is 12.0 Å². The van der Waals surface area contributed by atoms with Gasteiger partial charge in [0.1, 0.15) is 5.76 Å². The van der Waals surface area contributed by atoms with Crippen molar-refractivity contribution in [3.05, 3.63) is 23.1 Å². The zero-order valence-corrected chi connectivity index (χ0v) is 8.53. The zero-order valence-electron chi connectivity index (χ0n) is 8.53. The molecule has 0 aliphatic carbocycles. The Labute approximate surface area is 82.5 Å². The standard InChI is InChI=1S/C10H13NO3/c1-7-9(8(2)14-11-7)5-4-6-10(12)13-3/h4-5H,6H2,1-3H3. The van der Waals surface area contributed by atoms with Gasteiger partial charge >= 0.3 is 5.97 Å². The molecule has 0 saturated carbocycles. The van der Waals surface area contributed by atoms with E-state index in [1.165, 1.54) is 7.11 Å². The number of esters is 1. The molecule has 0 saturated heterocycles. The van der Waals surface area contributed by atoms with Gasteiger partial charge in [-0.25, -0.2) is 0 Å². The number of methoxy groups -OCH3 is 1. The predicted octanol–water partition coefficient (Wildman–Crippen LogP) is 1.87. The molecule has 0 radical (unpaired) electrons. The number of aryl methyl sites for hydroxylation is 2. The molecule has 1 heterocycles. The van der Waals surface area contributed by atoms with Crippen molar-refractivity contribution < 1.29 is 14.1 Å². The third kappa shape index (κ3) is 2.45. The Kier molecular flexibility index (Phi) is 3.45. The highest BCUT2D eigenvalue weighted by atomic mass is 16.5. The third-order valence-electron chi connectivity index (χ3n) is 1.89. The monoisotopic (exact) mass is 195 g/mol. The van der Waals surface area contributed by atoms with E-state index in [1.807, 2.05) is 19.9 Å². The molecule has 0 amide bonds. The average molecular weight is 195 g/mol. The van der Waals surface area contributed by atoms with Crippen LogP contribution in [0, 0.1) is 13.8 Å². The van der Waals surface area contributed by atoms with Crippen molar-refractivity contribution in [2.24, 2.45) is 0 Å². The van der Waals surface area contributed by atoms with Crippen molar-refractivity contribution in [3.8, 4) is 0 Å². The fraction of sp³-hybridized carbons (Fsp3) is 0.400. The Bertz CT molecular complexity index is 333. The van der Waals surface area contributed by atoms with E-state index >= 15 is 0 Å². The second-order valence-corrected chi connectivity index (χ2v) is 2.92. The quantitative estimate of drug-likeness (QED) is 0.691. The third-order valence-corrected chi connectivity index (χ3v) is 1.89. The number of carbonyl (C=O) groups is 1. The molecule has 0 aliphatic heterocycles. The Morgan fingerprint density at radius 2 is 2.29 bits per heavy atom. The van der Waals surface area contributed by atoms with Gasteiger partial charge < -0.3 is 9.26 Å². The van der Waals surface area contributed by atoms with Gasteiger partial charge in [0.15, 0.2) is 0 Å². The van der Waals surface area contributed by atoms with Crippen molar-refractivity contribution in [1.29, 1.82) is 0 Å². The van der Waals surface area contributed by atoms with Crippen LogP contribution in [0.2, 0.25) is 0 Å². The summed E-state index contributed by atoms with van der Waals surface area (Å²) in [5.41, 5.74) is 1.75. The maximum atomic E-state index is 10.8. The largest absolute Gasteiger partial charge is 0.469 e. The molecule has 0 unspecified atom stereocenters. The summed E-state index contributed by atoms with van der Waals surface area (Å²) in [4.78, 5) is 10.8. The molecule has 4 heteroatoms. The SMILES string of the molecule is COC(=O)CC=Cc1c(C)noc1C. The number of aromatic nitrogens is 1. The van der Waals surface area contributed by atoms with Crippen LogP contribution in [0.25, 0.3) is 6.08 Å². The molecule has 0 atom stereocenters. The van der Waals surface area contributed by atoms with E-state index in [-0.39, 0.29) is 12.4 Å². The number of ether oxygens (including phenoxy) is 1. The van der Waals surface area contributed by atoms with E-state index in [0.717, 1.165) is 17.0 Å². The second-order valence-electron chi connectivity index (χ2n) is 2.92. The Hall–Kier alpha value is -1.58. The predicted molar refractivity (Wildman–Crippen MR) is 51.6 cm³/mol. The molecule has 0 spiro atoms. The molecule has 14 heavy (non-hydrogen) atoms. The minimum Gasteiger partial charge on any atom is -0.469 e. The average Bonchev–Trinajstić information content (AvgIpc) is 2.48. The first-order valence-corrected chi connectivity index (χ1v) is 4.31. The lowest BCUT2D eigenvalue weighted by Crippen LogP contribution is -1.96. The summed E-state index contributed by atoms with van der Waals surface area (Å²) < 4.78 is 9.46. The number of hydrogen-bond donors (Lipinski definition) is 0. The fourth-order valence-electron chi connectivity index (χ4n) is 1.08. The summed E-state index contributed by atoms with van der Waals surface area (Å²) in [6.07, 6.45) is 3.82. The van der Waals surface area contributed by atoms with Crippen molar-refractivity contribution in [2.45, 2.75) is 20.3 Å². The molecule has 0 N–H and O–H groups in total. The molecule has 0 aliphatic rings. The van der Waals surface area contributed by atoms with Gasteiger partial charge in [0.05, 0.1) is 19.2 Å². The highest BCUT2D eigenvalue weighted by Crippen LogP contribution is 2.14. The minimum absolute atomic E-state index is 0.256. The molecule has 0 aromatic carbocycles. The lowest BCUT2D eigenvalue weighted by Gasteiger charge is -1.92. The zero-order chi connectivity index (χ0) is 10.6. The van der Waals surface area contributed by atoms with Gasteiger partial charge in [-0.2, -0.15) is 0 Å². The van der Waals surface area contributed by atoms with Crippen molar-refractivity contribution in [3.63, 3.8) is 0 Å². The molecular formula is C10H13NO3. The van der Waals surface area contributed by atoms with Crippen LogP contribution >= 0.6 is 0 Å². The van der Waals surface area contributed by atoms with Gasteiger partial charge in [0, 0.05) is 5.56 Å². The topological polar surface area (TPSA) is 52.3 Å². The molecule has 1 aromatic rings. The Balaban J connectivity index is 2.64. The lowest BCUT2D eigenvalue weighted by molar-refractivity contribution is -0.139. The van der Waals surface area contributed by atoms with Crippen LogP contribution in [0.5, 0.6) is 0 Å². The second kappa shape index (κ2) is 4.60. The minimum atomic E-state index is -0.256. The first kappa shape index (κ1) is 10.5. The Morgan fingerprint density at radius 3 is 2.79 bits per heavy atom. The van der Waals surface area contributed by atoms with Crippen LogP contribution in [0.4, 0.5) is 0 Å². The summed E-state index contributed by atoms with van der Waals surface area (Å²) >= 11 is 0. The van der Waals surface area contributed by atoms with Crippen molar-refractivity contribution in [1.82, 2.24) is 5.16 Å². The van der Waals surface area contributed by atoms with E-state index in [9.17, 15) is 4.79 Å². The summed E-state index contributed by atoms with van der Waals surface area (Å²) in [5.74, 6) is 0.497. The van der Waals surface area contributed by atoms with Gasteiger partial charge in [-0.05, 0) is 13.8 Å². The molecule has 1 rings (SSSR count). The number of rotatable bonds is 3. The summed E-state index contributed by atoms with van der Waals surface area (Å²) in [5, 5.41) is 3.79. The van der Waals surface area contributed by atoms with Crippen LogP contribution < -0.4 is 0 Å². The van der Waals surface area contributed by atoms with Crippen molar-refractivity contribution in [2.75, 3.05) is 7.11 Å². The Morgan fingerprint density at radius 1 is 1.57 bits per heavy atom. The van der Waals surface area contributed by atoms with E-state index in [1.54, 1.807) is 6.08 Å². The van der Waals surface area contributed by atoms with E-state index < -0.39 is 0 Å². The summed E-state index contributed by atoms with van der Waals surface area (Å²) in [6, 6.07) is 0. The fourth-order valence-corrected chi connectivity index (χ4v) is 1.08. The van der Waals surface area contributed by atoms with Crippen LogP contribution in [-0.4, -0.2) is 18.2 Å². The molecule has 76 valence electrons. The molecule has 1 aromatic heterocycles. The van der Waals surface area contributed by atoms with Gasteiger partial charge in [0.2, 0.25) is 0 Å². The van der Waals surface area contributed by atoms with E-state index in [2.05, 4.69) is 9.89 Å². The maximum absolute atomic E-state index is 10.8. The normalized spacial score (nSPS) is 10.8. The summed E-state index contributed by atoms with van der Waals surface area (Å²) in [6.45, 7) is 3.69. The highest BCUT2D eigenvalue weighted by Gasteiger charge is 2.04. The first-order chi connectivity index (χ1) is 6.65.